The smallest absolute Gasteiger partial charge is 0.323 e. The summed E-state index contributed by atoms with van der Waals surface area (Å²) in [4.78, 5) is 23.0. The van der Waals surface area contributed by atoms with Gasteiger partial charge in [0.25, 0.3) is 0 Å². The highest BCUT2D eigenvalue weighted by Gasteiger charge is 2.12. The lowest BCUT2D eigenvalue weighted by Gasteiger charge is -2.14. The maximum absolute atomic E-state index is 12.8. The maximum atomic E-state index is 12.8. The van der Waals surface area contributed by atoms with E-state index in [2.05, 4.69) is 0 Å². The van der Waals surface area contributed by atoms with E-state index in [4.69, 9.17) is 5.11 Å². The lowest BCUT2D eigenvalue weighted by molar-refractivity contribution is -0.143. The van der Waals surface area contributed by atoms with Crippen LogP contribution >= 0.6 is 0 Å². The Labute approximate surface area is 92.3 Å². The summed E-state index contributed by atoms with van der Waals surface area (Å²) in [6.07, 6.45) is 0.00153. The zero-order valence-corrected chi connectivity index (χ0v) is 8.81. The molecule has 0 radical (unpaired) electrons. The number of hydrogen-bond donors (Lipinski definition) is 1. The van der Waals surface area contributed by atoms with Gasteiger partial charge in [0.1, 0.15) is 12.4 Å². The lowest BCUT2D eigenvalue weighted by Crippen LogP contribution is -2.33. The average molecular weight is 225 g/mol. The molecule has 1 N–H and O–H groups in total. The second kappa shape index (κ2) is 5.25. The van der Waals surface area contributed by atoms with Crippen LogP contribution in [0.2, 0.25) is 0 Å². The maximum Gasteiger partial charge on any atom is 0.323 e. The van der Waals surface area contributed by atoms with E-state index in [1.165, 1.54) is 25.2 Å². The van der Waals surface area contributed by atoms with Gasteiger partial charge in [0.2, 0.25) is 5.91 Å². The van der Waals surface area contributed by atoms with Crippen LogP contribution in [0.25, 0.3) is 0 Å². The largest absolute Gasteiger partial charge is 0.480 e. The summed E-state index contributed by atoms with van der Waals surface area (Å²) in [5.74, 6) is -1.84. The number of rotatable bonds is 4. The van der Waals surface area contributed by atoms with Crippen LogP contribution in [0.1, 0.15) is 5.56 Å². The molecule has 0 heterocycles. The first-order valence-corrected chi connectivity index (χ1v) is 4.69. The van der Waals surface area contributed by atoms with Gasteiger partial charge in [-0.1, -0.05) is 12.1 Å². The quantitative estimate of drug-likeness (QED) is 0.828. The summed E-state index contributed by atoms with van der Waals surface area (Å²) in [5.41, 5.74) is 0.530. The average Bonchev–Trinajstić information content (AvgIpc) is 2.16. The molecule has 0 aliphatic rings. The van der Waals surface area contributed by atoms with E-state index in [1.807, 2.05) is 0 Å². The first-order valence-electron chi connectivity index (χ1n) is 4.69. The van der Waals surface area contributed by atoms with Gasteiger partial charge in [-0.25, -0.2) is 4.39 Å². The van der Waals surface area contributed by atoms with E-state index in [1.54, 1.807) is 6.07 Å². The molecule has 1 amide bonds. The van der Waals surface area contributed by atoms with E-state index in [9.17, 15) is 14.0 Å². The standard InChI is InChI=1S/C11H12FNO3/c1-13(7-11(15)16)10(14)6-8-3-2-4-9(12)5-8/h2-5H,6-7H2,1H3,(H,15,16). The lowest BCUT2D eigenvalue weighted by atomic mass is 10.1. The second-order valence-corrected chi connectivity index (χ2v) is 3.45. The molecular formula is C11H12FNO3. The normalized spacial score (nSPS) is 9.88. The fourth-order valence-electron chi connectivity index (χ4n) is 1.25. The molecule has 0 aliphatic heterocycles. The Kier molecular flexibility index (Phi) is 3.99. The predicted octanol–water partition coefficient (Wildman–Crippen LogP) is 0.911. The number of benzene rings is 1. The number of carboxylic acids is 1. The number of carbonyl (C=O) groups excluding carboxylic acids is 1. The van der Waals surface area contributed by atoms with Crippen molar-refractivity contribution in [1.82, 2.24) is 4.90 Å². The number of likely N-dealkylation sites (N-methyl/N-ethyl adjacent to an activating group) is 1. The van der Waals surface area contributed by atoms with E-state index in [0.29, 0.717) is 5.56 Å². The van der Waals surface area contributed by atoms with Crippen LogP contribution in [0.15, 0.2) is 24.3 Å². The SMILES string of the molecule is CN(CC(=O)O)C(=O)Cc1cccc(F)c1. The van der Waals surface area contributed by atoms with Gasteiger partial charge in [0.05, 0.1) is 6.42 Å². The molecular weight excluding hydrogens is 213 g/mol. The molecule has 0 aromatic heterocycles. The molecule has 1 aromatic rings. The summed E-state index contributed by atoms with van der Waals surface area (Å²) < 4.78 is 12.8. The Morgan fingerprint density at radius 3 is 2.69 bits per heavy atom. The Morgan fingerprint density at radius 2 is 2.12 bits per heavy atom. The summed E-state index contributed by atoms with van der Waals surface area (Å²) in [5, 5.41) is 8.49. The van der Waals surface area contributed by atoms with Crippen LogP contribution in [-0.2, 0) is 16.0 Å². The summed E-state index contributed by atoms with van der Waals surface area (Å²) in [6.45, 7) is -0.353. The van der Waals surface area contributed by atoms with E-state index >= 15 is 0 Å². The third-order valence-corrected chi connectivity index (χ3v) is 2.04. The highest BCUT2D eigenvalue weighted by atomic mass is 19.1. The Hall–Kier alpha value is -1.91. The van der Waals surface area contributed by atoms with E-state index < -0.39 is 11.8 Å². The highest BCUT2D eigenvalue weighted by Crippen LogP contribution is 2.05. The molecule has 0 unspecified atom stereocenters. The number of hydrogen-bond acceptors (Lipinski definition) is 2. The van der Waals surface area contributed by atoms with Crippen molar-refractivity contribution in [3.63, 3.8) is 0 Å². The van der Waals surface area contributed by atoms with Gasteiger partial charge in [0.15, 0.2) is 0 Å². The molecule has 4 nitrogen and oxygen atoms in total. The first-order chi connectivity index (χ1) is 7.49. The molecule has 0 saturated heterocycles. The van der Waals surface area contributed by atoms with Crippen LogP contribution in [0.3, 0.4) is 0 Å². The fraction of sp³-hybridized carbons (Fsp3) is 0.273. The van der Waals surface area contributed by atoms with Gasteiger partial charge < -0.3 is 10.0 Å². The van der Waals surface area contributed by atoms with Gasteiger partial charge in [-0.3, -0.25) is 9.59 Å². The molecule has 0 bridgehead atoms. The molecule has 0 spiro atoms. The monoisotopic (exact) mass is 225 g/mol. The number of aliphatic carboxylic acids is 1. The molecule has 16 heavy (non-hydrogen) atoms. The van der Waals surface area contributed by atoms with Crippen molar-refractivity contribution in [2.75, 3.05) is 13.6 Å². The van der Waals surface area contributed by atoms with Crippen LogP contribution < -0.4 is 0 Å². The second-order valence-electron chi connectivity index (χ2n) is 3.45. The summed E-state index contributed by atoms with van der Waals surface area (Å²) >= 11 is 0. The van der Waals surface area contributed by atoms with Crippen LogP contribution in [0, 0.1) is 5.82 Å². The Morgan fingerprint density at radius 1 is 1.44 bits per heavy atom. The number of amides is 1. The summed E-state index contributed by atoms with van der Waals surface area (Å²) in [7, 11) is 1.40. The number of carbonyl (C=O) groups is 2. The van der Waals surface area contributed by atoms with Gasteiger partial charge in [0, 0.05) is 7.05 Å². The van der Waals surface area contributed by atoms with Crippen molar-refractivity contribution in [2.24, 2.45) is 0 Å². The minimum Gasteiger partial charge on any atom is -0.480 e. The zero-order valence-electron chi connectivity index (χ0n) is 8.81. The van der Waals surface area contributed by atoms with Crippen molar-refractivity contribution < 1.29 is 19.1 Å². The Balaban J connectivity index is 2.60. The van der Waals surface area contributed by atoms with Crippen LogP contribution in [0.5, 0.6) is 0 Å². The van der Waals surface area contributed by atoms with Crippen molar-refractivity contribution in [1.29, 1.82) is 0 Å². The van der Waals surface area contributed by atoms with Crippen LogP contribution in [0.4, 0.5) is 4.39 Å². The zero-order chi connectivity index (χ0) is 12.1. The molecule has 0 fully saturated rings. The summed E-state index contributed by atoms with van der Waals surface area (Å²) in [6, 6.07) is 5.67. The van der Waals surface area contributed by atoms with Crippen LogP contribution in [-0.4, -0.2) is 35.5 Å². The van der Waals surface area contributed by atoms with E-state index in [0.717, 1.165) is 4.90 Å². The molecule has 0 saturated carbocycles. The molecule has 0 aliphatic carbocycles. The minimum absolute atomic E-state index is 0.00153. The van der Waals surface area contributed by atoms with Gasteiger partial charge in [-0.05, 0) is 17.7 Å². The molecule has 1 aromatic carbocycles. The van der Waals surface area contributed by atoms with Gasteiger partial charge in [-0.2, -0.15) is 0 Å². The number of carboxylic acid groups (broad SMARTS) is 1. The third-order valence-electron chi connectivity index (χ3n) is 2.04. The molecule has 0 atom stereocenters. The molecule has 1 rings (SSSR count). The molecule has 5 heteroatoms. The number of nitrogens with zero attached hydrogens (tertiary/aromatic N) is 1. The van der Waals surface area contributed by atoms with Crippen molar-refractivity contribution >= 4 is 11.9 Å². The number of halogens is 1. The van der Waals surface area contributed by atoms with Crippen molar-refractivity contribution in [3.05, 3.63) is 35.6 Å². The minimum atomic E-state index is -1.07. The topological polar surface area (TPSA) is 57.6 Å². The fourth-order valence-corrected chi connectivity index (χ4v) is 1.25. The third kappa shape index (κ3) is 3.68. The Bertz CT molecular complexity index is 406. The molecule has 86 valence electrons. The van der Waals surface area contributed by atoms with Gasteiger partial charge in [-0.15, -0.1) is 0 Å². The first kappa shape index (κ1) is 12.2. The highest BCUT2D eigenvalue weighted by molar-refractivity contribution is 5.82. The van der Waals surface area contributed by atoms with Crippen molar-refractivity contribution in [2.45, 2.75) is 6.42 Å². The van der Waals surface area contributed by atoms with Gasteiger partial charge >= 0.3 is 5.97 Å². The predicted molar refractivity (Wildman–Crippen MR) is 55.4 cm³/mol. The van der Waals surface area contributed by atoms with Crippen molar-refractivity contribution in [3.8, 4) is 0 Å². The van der Waals surface area contributed by atoms with E-state index in [-0.39, 0.29) is 18.9 Å².